The third-order valence-corrected chi connectivity index (χ3v) is 4.49. The number of hydrogen-bond donors (Lipinski definition) is 0. The smallest absolute Gasteiger partial charge is 0.337 e. The molecule has 2 aromatic carbocycles. The average Bonchev–Trinajstić information content (AvgIpc) is 2.97. The number of halogens is 1. The Kier molecular flexibility index (Phi) is 4.22. The summed E-state index contributed by atoms with van der Waals surface area (Å²) < 4.78 is 5.32. The van der Waals surface area contributed by atoms with Crippen LogP contribution in [0.15, 0.2) is 54.6 Å². The van der Waals surface area contributed by atoms with E-state index in [0.29, 0.717) is 9.90 Å². The number of carbonyl (C=O) groups excluding carboxylic acids is 1. The predicted molar refractivity (Wildman–Crippen MR) is 89.3 cm³/mol. The lowest BCUT2D eigenvalue weighted by Gasteiger charge is -2.01. The molecule has 0 saturated heterocycles. The van der Waals surface area contributed by atoms with Crippen LogP contribution in [0.3, 0.4) is 0 Å². The van der Waals surface area contributed by atoms with E-state index >= 15 is 0 Å². The monoisotopic (exact) mass is 329 g/mol. The number of hydrogen-bond acceptors (Lipinski definition) is 4. The van der Waals surface area contributed by atoms with Crippen LogP contribution in [-0.2, 0) is 4.74 Å². The third-order valence-electron chi connectivity index (χ3n) is 3.19. The van der Waals surface area contributed by atoms with Crippen LogP contribution in [0.4, 0.5) is 0 Å². The Morgan fingerprint density at radius 1 is 1.05 bits per heavy atom. The molecule has 1 aromatic heterocycles. The highest BCUT2D eigenvalue weighted by atomic mass is 35.5. The molecule has 0 amide bonds. The Hall–Kier alpha value is -2.17. The van der Waals surface area contributed by atoms with Gasteiger partial charge in [-0.15, -0.1) is 11.3 Å². The van der Waals surface area contributed by atoms with Crippen molar-refractivity contribution in [3.05, 3.63) is 64.5 Å². The first-order chi connectivity index (χ1) is 10.7. The molecule has 3 aromatic rings. The largest absolute Gasteiger partial charge is 0.465 e. The summed E-state index contributed by atoms with van der Waals surface area (Å²) in [6.45, 7) is 0. The lowest BCUT2D eigenvalue weighted by atomic mass is 10.1. The quantitative estimate of drug-likeness (QED) is 0.640. The van der Waals surface area contributed by atoms with E-state index in [1.807, 2.05) is 42.5 Å². The third kappa shape index (κ3) is 2.89. The van der Waals surface area contributed by atoms with Gasteiger partial charge in [0.05, 0.1) is 12.7 Å². The number of aromatic nitrogens is 1. The summed E-state index contributed by atoms with van der Waals surface area (Å²) in [6.07, 6.45) is 0. The summed E-state index contributed by atoms with van der Waals surface area (Å²) in [7, 11) is 1.36. The maximum Gasteiger partial charge on any atom is 0.337 e. The first kappa shape index (κ1) is 14.8. The van der Waals surface area contributed by atoms with Gasteiger partial charge in [0, 0.05) is 11.1 Å². The van der Waals surface area contributed by atoms with Gasteiger partial charge in [-0.25, -0.2) is 9.78 Å². The minimum atomic E-state index is -0.360. The SMILES string of the molecule is COC(=O)c1ccc(-c2nc(-c3ccccc3)sc2Cl)cc1. The topological polar surface area (TPSA) is 39.2 Å². The molecule has 0 unspecified atom stereocenters. The first-order valence-electron chi connectivity index (χ1n) is 6.59. The maximum atomic E-state index is 11.5. The molecule has 0 aliphatic heterocycles. The van der Waals surface area contributed by atoms with Crippen molar-refractivity contribution in [1.29, 1.82) is 0 Å². The van der Waals surface area contributed by atoms with E-state index in [1.54, 1.807) is 12.1 Å². The average molecular weight is 330 g/mol. The summed E-state index contributed by atoms with van der Waals surface area (Å²) in [5.41, 5.74) is 3.13. The molecule has 5 heteroatoms. The number of methoxy groups -OCH3 is 1. The standard InChI is InChI=1S/C17H12ClNO2S/c1-21-17(20)13-9-7-11(8-10-13)14-15(18)22-16(19-14)12-5-3-2-4-6-12/h2-10H,1H3. The van der Waals surface area contributed by atoms with Crippen LogP contribution in [0.5, 0.6) is 0 Å². The van der Waals surface area contributed by atoms with Crippen LogP contribution in [0, 0.1) is 0 Å². The van der Waals surface area contributed by atoms with E-state index in [0.717, 1.165) is 21.8 Å². The Morgan fingerprint density at radius 3 is 2.36 bits per heavy atom. The second-order valence-corrected chi connectivity index (χ2v) is 6.18. The summed E-state index contributed by atoms with van der Waals surface area (Å²) >= 11 is 7.76. The Balaban J connectivity index is 1.96. The molecule has 3 rings (SSSR count). The van der Waals surface area contributed by atoms with E-state index in [2.05, 4.69) is 9.72 Å². The van der Waals surface area contributed by atoms with Crippen molar-refractivity contribution in [2.75, 3.05) is 7.11 Å². The van der Waals surface area contributed by atoms with Crippen LogP contribution in [-0.4, -0.2) is 18.1 Å². The first-order valence-corrected chi connectivity index (χ1v) is 7.79. The number of esters is 1. The van der Waals surface area contributed by atoms with Crippen molar-refractivity contribution in [2.45, 2.75) is 0 Å². The molecule has 110 valence electrons. The zero-order chi connectivity index (χ0) is 15.5. The molecule has 0 bridgehead atoms. The Labute approximate surface area is 137 Å². The van der Waals surface area contributed by atoms with Crippen molar-refractivity contribution in [3.8, 4) is 21.8 Å². The minimum Gasteiger partial charge on any atom is -0.465 e. The number of benzene rings is 2. The number of thiazole rings is 1. The van der Waals surface area contributed by atoms with Gasteiger partial charge in [-0.2, -0.15) is 0 Å². The van der Waals surface area contributed by atoms with Crippen molar-refractivity contribution in [2.24, 2.45) is 0 Å². The van der Waals surface area contributed by atoms with Crippen molar-refractivity contribution in [3.63, 3.8) is 0 Å². The molecule has 0 aliphatic rings. The van der Waals surface area contributed by atoms with E-state index in [9.17, 15) is 4.79 Å². The van der Waals surface area contributed by atoms with Crippen molar-refractivity contribution < 1.29 is 9.53 Å². The molecule has 0 saturated carbocycles. The summed E-state index contributed by atoms with van der Waals surface area (Å²) in [5, 5.41) is 0.873. The van der Waals surface area contributed by atoms with Crippen LogP contribution in [0.1, 0.15) is 10.4 Å². The fourth-order valence-corrected chi connectivity index (χ4v) is 3.26. The molecule has 0 radical (unpaired) electrons. The molecular formula is C17H12ClNO2S. The van der Waals surface area contributed by atoms with Gasteiger partial charge in [0.25, 0.3) is 0 Å². The van der Waals surface area contributed by atoms with Gasteiger partial charge in [-0.3, -0.25) is 0 Å². The molecular weight excluding hydrogens is 318 g/mol. The summed E-state index contributed by atoms with van der Waals surface area (Å²) in [6, 6.07) is 17.0. The van der Waals surface area contributed by atoms with Gasteiger partial charge < -0.3 is 4.74 Å². The Morgan fingerprint density at radius 2 is 1.73 bits per heavy atom. The fraction of sp³-hybridized carbons (Fsp3) is 0.0588. The van der Waals surface area contributed by atoms with E-state index < -0.39 is 0 Å². The molecule has 0 spiro atoms. The molecule has 0 fully saturated rings. The van der Waals surface area contributed by atoms with Crippen LogP contribution < -0.4 is 0 Å². The van der Waals surface area contributed by atoms with Crippen molar-refractivity contribution in [1.82, 2.24) is 4.98 Å². The van der Waals surface area contributed by atoms with E-state index in [-0.39, 0.29) is 5.97 Å². The highest BCUT2D eigenvalue weighted by molar-refractivity contribution is 7.19. The van der Waals surface area contributed by atoms with Gasteiger partial charge >= 0.3 is 5.97 Å². The molecule has 0 N–H and O–H groups in total. The number of rotatable bonds is 3. The Bertz CT molecular complexity index is 797. The minimum absolute atomic E-state index is 0.360. The molecule has 0 atom stereocenters. The number of nitrogens with zero attached hydrogens (tertiary/aromatic N) is 1. The highest BCUT2D eigenvalue weighted by Gasteiger charge is 2.13. The lowest BCUT2D eigenvalue weighted by molar-refractivity contribution is 0.0601. The molecule has 0 aliphatic carbocycles. The van der Waals surface area contributed by atoms with Crippen LogP contribution in [0.2, 0.25) is 4.34 Å². The second-order valence-electron chi connectivity index (χ2n) is 4.58. The predicted octanol–water partition coefficient (Wildman–Crippen LogP) is 4.92. The second kappa shape index (κ2) is 6.30. The number of ether oxygens (including phenoxy) is 1. The van der Waals surface area contributed by atoms with Crippen molar-refractivity contribution >= 4 is 28.9 Å². The molecule has 1 heterocycles. The van der Waals surface area contributed by atoms with Gasteiger partial charge in [0.1, 0.15) is 15.0 Å². The molecule has 3 nitrogen and oxygen atoms in total. The normalized spacial score (nSPS) is 10.5. The fourth-order valence-electron chi connectivity index (χ4n) is 2.07. The maximum absolute atomic E-state index is 11.5. The van der Waals surface area contributed by atoms with Gasteiger partial charge in [-0.1, -0.05) is 54.1 Å². The zero-order valence-electron chi connectivity index (χ0n) is 11.7. The molecule has 22 heavy (non-hydrogen) atoms. The van der Waals surface area contributed by atoms with Crippen LogP contribution in [0.25, 0.3) is 21.8 Å². The number of carbonyl (C=O) groups is 1. The summed E-state index contributed by atoms with van der Waals surface area (Å²) in [5.74, 6) is -0.360. The van der Waals surface area contributed by atoms with E-state index in [4.69, 9.17) is 11.6 Å². The van der Waals surface area contributed by atoms with Gasteiger partial charge in [-0.05, 0) is 12.1 Å². The zero-order valence-corrected chi connectivity index (χ0v) is 13.3. The highest BCUT2D eigenvalue weighted by Crippen LogP contribution is 2.37. The van der Waals surface area contributed by atoms with Gasteiger partial charge in [0.15, 0.2) is 0 Å². The lowest BCUT2D eigenvalue weighted by Crippen LogP contribution is -2.00. The summed E-state index contributed by atoms with van der Waals surface area (Å²) in [4.78, 5) is 16.1. The van der Waals surface area contributed by atoms with E-state index in [1.165, 1.54) is 18.4 Å². The van der Waals surface area contributed by atoms with Gasteiger partial charge in [0.2, 0.25) is 0 Å². The van der Waals surface area contributed by atoms with Crippen LogP contribution >= 0.6 is 22.9 Å².